The molecule has 0 aliphatic heterocycles. The molecule has 3 heteroatoms. The Kier molecular flexibility index (Phi) is 4.59. The molecule has 0 aliphatic carbocycles. The third-order valence-corrected chi connectivity index (χ3v) is 2.99. The minimum atomic E-state index is -0.0266. The molecule has 0 unspecified atom stereocenters. The van der Waals surface area contributed by atoms with Crippen LogP contribution in [0.2, 0.25) is 0 Å². The molecule has 0 aromatic carbocycles. The molecule has 0 atom stereocenters. The van der Waals surface area contributed by atoms with Gasteiger partial charge in [0.15, 0.2) is 0 Å². The second kappa shape index (κ2) is 5.73. The van der Waals surface area contributed by atoms with E-state index in [2.05, 4.69) is 19.2 Å². The molecule has 90 valence electrons. The second-order valence-corrected chi connectivity index (χ2v) is 4.22. The van der Waals surface area contributed by atoms with Crippen LogP contribution in [-0.2, 0) is 0 Å². The molecule has 1 heterocycles. The van der Waals surface area contributed by atoms with Crippen LogP contribution in [0.4, 0.5) is 0 Å². The summed E-state index contributed by atoms with van der Waals surface area (Å²) in [6, 6.07) is 1.79. The van der Waals surface area contributed by atoms with E-state index in [1.54, 1.807) is 6.07 Å². The fourth-order valence-electron chi connectivity index (χ4n) is 1.77. The maximum absolute atomic E-state index is 11.8. The topological polar surface area (TPSA) is 42.2 Å². The van der Waals surface area contributed by atoms with Crippen LogP contribution in [0.3, 0.4) is 0 Å². The maximum atomic E-state index is 11.8. The zero-order valence-electron chi connectivity index (χ0n) is 10.6. The molecule has 0 fully saturated rings. The lowest BCUT2D eigenvalue weighted by Gasteiger charge is -2.12. The lowest BCUT2D eigenvalue weighted by molar-refractivity contribution is 0.0945. The first-order valence-corrected chi connectivity index (χ1v) is 5.93. The molecule has 1 N–H and O–H groups in total. The van der Waals surface area contributed by atoms with E-state index in [1.165, 1.54) is 0 Å². The van der Waals surface area contributed by atoms with Gasteiger partial charge in [0.25, 0.3) is 5.91 Å². The predicted octanol–water partition coefficient (Wildman–Crippen LogP) is 3.06. The van der Waals surface area contributed by atoms with Crippen LogP contribution in [0, 0.1) is 19.8 Å². The third kappa shape index (κ3) is 3.12. The number of carbonyl (C=O) groups is 1. The molecule has 16 heavy (non-hydrogen) atoms. The van der Waals surface area contributed by atoms with E-state index < -0.39 is 0 Å². The van der Waals surface area contributed by atoms with Crippen molar-refractivity contribution >= 4 is 5.91 Å². The van der Waals surface area contributed by atoms with E-state index in [0.29, 0.717) is 17.2 Å². The van der Waals surface area contributed by atoms with Gasteiger partial charge in [-0.05, 0) is 25.8 Å². The second-order valence-electron chi connectivity index (χ2n) is 4.22. The summed E-state index contributed by atoms with van der Waals surface area (Å²) in [5.41, 5.74) is 0.656. The van der Waals surface area contributed by atoms with E-state index in [-0.39, 0.29) is 5.91 Å². The normalized spacial score (nSPS) is 10.8. The summed E-state index contributed by atoms with van der Waals surface area (Å²) in [5, 5.41) is 2.96. The Bertz CT molecular complexity index is 351. The molecule has 0 saturated heterocycles. The van der Waals surface area contributed by atoms with Gasteiger partial charge in [-0.2, -0.15) is 0 Å². The Morgan fingerprint density at radius 3 is 2.44 bits per heavy atom. The molecule has 1 aromatic heterocycles. The van der Waals surface area contributed by atoms with Gasteiger partial charge in [0.1, 0.15) is 11.5 Å². The Hall–Kier alpha value is -1.25. The van der Waals surface area contributed by atoms with Gasteiger partial charge in [-0.15, -0.1) is 0 Å². The van der Waals surface area contributed by atoms with E-state index in [1.807, 2.05) is 13.8 Å². The van der Waals surface area contributed by atoms with E-state index in [4.69, 9.17) is 4.42 Å². The highest BCUT2D eigenvalue weighted by Crippen LogP contribution is 2.13. The van der Waals surface area contributed by atoms with Gasteiger partial charge >= 0.3 is 0 Å². The summed E-state index contributed by atoms with van der Waals surface area (Å²) < 4.78 is 5.33. The first kappa shape index (κ1) is 12.8. The first-order valence-electron chi connectivity index (χ1n) is 5.93. The average Bonchev–Trinajstić information content (AvgIpc) is 2.59. The van der Waals surface area contributed by atoms with Crippen molar-refractivity contribution < 1.29 is 9.21 Å². The minimum Gasteiger partial charge on any atom is -0.466 e. The lowest BCUT2D eigenvalue weighted by Crippen LogP contribution is -2.29. The molecule has 3 nitrogen and oxygen atoms in total. The Balaban J connectivity index is 2.56. The van der Waals surface area contributed by atoms with Crippen molar-refractivity contribution in [1.29, 1.82) is 0 Å². The molecule has 1 aromatic rings. The quantitative estimate of drug-likeness (QED) is 0.833. The van der Waals surface area contributed by atoms with Crippen molar-refractivity contribution in [2.75, 3.05) is 6.54 Å². The van der Waals surface area contributed by atoms with Crippen LogP contribution in [0.5, 0.6) is 0 Å². The standard InChI is InChI=1S/C13H21NO2/c1-5-11(6-2)8-14-13(15)12-7-9(3)16-10(12)4/h7,11H,5-6,8H2,1-4H3,(H,14,15). The SMILES string of the molecule is CCC(CC)CNC(=O)c1cc(C)oc1C. The largest absolute Gasteiger partial charge is 0.466 e. The summed E-state index contributed by atoms with van der Waals surface area (Å²) in [4.78, 5) is 11.8. The Morgan fingerprint density at radius 1 is 1.38 bits per heavy atom. The van der Waals surface area contributed by atoms with Crippen LogP contribution in [-0.4, -0.2) is 12.5 Å². The maximum Gasteiger partial charge on any atom is 0.254 e. The average molecular weight is 223 g/mol. The predicted molar refractivity (Wildman–Crippen MR) is 64.6 cm³/mol. The lowest BCUT2D eigenvalue weighted by atomic mass is 10.0. The smallest absolute Gasteiger partial charge is 0.254 e. The number of furan rings is 1. The van der Waals surface area contributed by atoms with Gasteiger partial charge in [-0.25, -0.2) is 0 Å². The van der Waals surface area contributed by atoms with Crippen LogP contribution < -0.4 is 5.32 Å². The van der Waals surface area contributed by atoms with Gasteiger partial charge < -0.3 is 9.73 Å². The molecular weight excluding hydrogens is 202 g/mol. The monoisotopic (exact) mass is 223 g/mol. The number of aryl methyl sites for hydroxylation is 2. The number of amides is 1. The molecule has 0 aliphatic rings. The van der Waals surface area contributed by atoms with Crippen molar-refractivity contribution in [3.8, 4) is 0 Å². The fraction of sp³-hybridized carbons (Fsp3) is 0.615. The molecule has 0 saturated carbocycles. The number of hydrogen-bond donors (Lipinski definition) is 1. The number of nitrogens with one attached hydrogen (secondary N) is 1. The van der Waals surface area contributed by atoms with Crippen molar-refractivity contribution in [2.45, 2.75) is 40.5 Å². The summed E-state index contributed by atoms with van der Waals surface area (Å²) in [7, 11) is 0. The van der Waals surface area contributed by atoms with Crippen molar-refractivity contribution in [3.05, 3.63) is 23.2 Å². The molecular formula is C13H21NO2. The Morgan fingerprint density at radius 2 is 2.00 bits per heavy atom. The number of rotatable bonds is 5. The van der Waals surface area contributed by atoms with Gasteiger partial charge in [0.2, 0.25) is 0 Å². The van der Waals surface area contributed by atoms with E-state index in [9.17, 15) is 4.79 Å². The zero-order valence-corrected chi connectivity index (χ0v) is 10.6. The van der Waals surface area contributed by atoms with Crippen LogP contribution in [0.1, 0.15) is 48.6 Å². The highest BCUT2D eigenvalue weighted by Gasteiger charge is 2.14. The van der Waals surface area contributed by atoms with Crippen LogP contribution in [0.25, 0.3) is 0 Å². The van der Waals surface area contributed by atoms with Crippen molar-refractivity contribution in [3.63, 3.8) is 0 Å². The summed E-state index contributed by atoms with van der Waals surface area (Å²) >= 11 is 0. The Labute approximate surface area is 97.2 Å². The first-order chi connectivity index (χ1) is 7.58. The van der Waals surface area contributed by atoms with Crippen molar-refractivity contribution in [2.24, 2.45) is 5.92 Å². The van der Waals surface area contributed by atoms with E-state index >= 15 is 0 Å². The van der Waals surface area contributed by atoms with Gasteiger partial charge in [0.05, 0.1) is 5.56 Å². The van der Waals surface area contributed by atoms with Crippen LogP contribution in [0.15, 0.2) is 10.5 Å². The number of carbonyl (C=O) groups excluding carboxylic acids is 1. The molecule has 1 amide bonds. The summed E-state index contributed by atoms with van der Waals surface area (Å²) in [6.45, 7) is 8.71. The zero-order chi connectivity index (χ0) is 12.1. The fourth-order valence-corrected chi connectivity index (χ4v) is 1.77. The van der Waals surface area contributed by atoms with Crippen molar-refractivity contribution in [1.82, 2.24) is 5.32 Å². The summed E-state index contributed by atoms with van der Waals surface area (Å²) in [5.74, 6) is 2.02. The number of hydrogen-bond acceptors (Lipinski definition) is 2. The molecule has 0 radical (unpaired) electrons. The van der Waals surface area contributed by atoms with Crippen LogP contribution >= 0.6 is 0 Å². The summed E-state index contributed by atoms with van der Waals surface area (Å²) in [6.07, 6.45) is 2.19. The van der Waals surface area contributed by atoms with Gasteiger partial charge in [-0.3, -0.25) is 4.79 Å². The van der Waals surface area contributed by atoms with Gasteiger partial charge in [-0.1, -0.05) is 26.7 Å². The molecule has 1 rings (SSSR count). The molecule has 0 bridgehead atoms. The highest BCUT2D eigenvalue weighted by molar-refractivity contribution is 5.95. The highest BCUT2D eigenvalue weighted by atomic mass is 16.3. The van der Waals surface area contributed by atoms with Gasteiger partial charge in [0, 0.05) is 6.54 Å². The van der Waals surface area contributed by atoms with E-state index in [0.717, 1.165) is 25.1 Å². The third-order valence-electron chi connectivity index (χ3n) is 2.99. The molecule has 0 spiro atoms. The minimum absolute atomic E-state index is 0.0266.